The van der Waals surface area contributed by atoms with Gasteiger partial charge in [-0.2, -0.15) is 0 Å². The van der Waals surface area contributed by atoms with Gasteiger partial charge in [0.25, 0.3) is 0 Å². The summed E-state index contributed by atoms with van der Waals surface area (Å²) in [6.07, 6.45) is 6.25. The third-order valence-electron chi connectivity index (χ3n) is 2.84. The Morgan fingerprint density at radius 1 is 1.43 bits per heavy atom. The van der Waals surface area contributed by atoms with Crippen LogP contribution in [0.2, 0.25) is 0 Å². The highest BCUT2D eigenvalue weighted by atomic mass is 15.3. The number of nitrogens with two attached hydrogens (primary N) is 1. The van der Waals surface area contributed by atoms with E-state index in [1.807, 2.05) is 0 Å². The monoisotopic (exact) mass is 197 g/mol. The van der Waals surface area contributed by atoms with Crippen LogP contribution in [-0.2, 0) is 0 Å². The van der Waals surface area contributed by atoms with Gasteiger partial charge in [0.15, 0.2) is 5.96 Å². The molecule has 0 aromatic rings. The van der Waals surface area contributed by atoms with Crippen molar-refractivity contribution in [2.45, 2.75) is 52.0 Å². The van der Waals surface area contributed by atoms with Gasteiger partial charge in [0.2, 0.25) is 0 Å². The maximum Gasteiger partial charge on any atom is 0.191 e. The van der Waals surface area contributed by atoms with Crippen LogP contribution in [0.4, 0.5) is 0 Å². The number of hydrogen-bond acceptors (Lipinski definition) is 1. The lowest BCUT2D eigenvalue weighted by molar-refractivity contribution is 0.331. The normalized spacial score (nSPS) is 24.9. The number of guanidine groups is 1. The molecular weight excluding hydrogens is 174 g/mol. The van der Waals surface area contributed by atoms with E-state index in [4.69, 9.17) is 5.73 Å². The van der Waals surface area contributed by atoms with Gasteiger partial charge in [0.1, 0.15) is 0 Å². The van der Waals surface area contributed by atoms with Crippen molar-refractivity contribution in [2.75, 3.05) is 13.1 Å². The molecule has 3 nitrogen and oxygen atoms in total. The van der Waals surface area contributed by atoms with Crippen molar-refractivity contribution < 1.29 is 0 Å². The zero-order valence-electron chi connectivity index (χ0n) is 9.50. The Labute approximate surface area is 87.4 Å². The van der Waals surface area contributed by atoms with E-state index >= 15 is 0 Å². The second-order valence-corrected chi connectivity index (χ2v) is 4.13. The number of nitrogens with zero attached hydrogens (tertiary/aromatic N) is 2. The Bertz CT molecular complexity index is 189. The summed E-state index contributed by atoms with van der Waals surface area (Å²) in [4.78, 5) is 6.65. The van der Waals surface area contributed by atoms with Crippen molar-refractivity contribution in [1.29, 1.82) is 0 Å². The summed E-state index contributed by atoms with van der Waals surface area (Å²) in [6, 6.07) is 0.568. The predicted molar refractivity (Wildman–Crippen MR) is 61.4 cm³/mol. The first-order valence-electron chi connectivity index (χ1n) is 5.82. The van der Waals surface area contributed by atoms with Crippen LogP contribution < -0.4 is 5.73 Å². The maximum absolute atomic E-state index is 5.97. The van der Waals surface area contributed by atoms with Crippen LogP contribution in [0, 0.1) is 0 Å². The predicted octanol–water partition coefficient (Wildman–Crippen LogP) is 1.98. The smallest absolute Gasteiger partial charge is 0.191 e. The van der Waals surface area contributed by atoms with Crippen molar-refractivity contribution >= 4 is 5.96 Å². The quantitative estimate of drug-likeness (QED) is 0.543. The second-order valence-electron chi connectivity index (χ2n) is 4.13. The van der Waals surface area contributed by atoms with E-state index < -0.39 is 0 Å². The molecule has 0 saturated carbocycles. The van der Waals surface area contributed by atoms with E-state index in [0.717, 1.165) is 25.5 Å². The fraction of sp³-hybridized carbons (Fsp3) is 0.909. The number of aliphatic imine (C=N–C) groups is 1. The summed E-state index contributed by atoms with van der Waals surface area (Å²) in [5.74, 6) is 0.751. The summed E-state index contributed by atoms with van der Waals surface area (Å²) < 4.78 is 0. The molecule has 0 radical (unpaired) electrons. The molecule has 1 aliphatic rings. The van der Waals surface area contributed by atoms with E-state index in [9.17, 15) is 0 Å². The van der Waals surface area contributed by atoms with Gasteiger partial charge < -0.3 is 10.6 Å². The van der Waals surface area contributed by atoms with Crippen LogP contribution >= 0.6 is 0 Å². The van der Waals surface area contributed by atoms with Gasteiger partial charge in [0, 0.05) is 19.1 Å². The largest absolute Gasteiger partial charge is 0.370 e. The average Bonchev–Trinajstić information content (AvgIpc) is 2.39. The summed E-state index contributed by atoms with van der Waals surface area (Å²) in [5.41, 5.74) is 5.97. The van der Waals surface area contributed by atoms with Crippen LogP contribution in [0.5, 0.6) is 0 Å². The lowest BCUT2D eigenvalue weighted by Gasteiger charge is -2.28. The summed E-state index contributed by atoms with van der Waals surface area (Å²) in [6.45, 7) is 6.32. The zero-order chi connectivity index (χ0) is 10.4. The fourth-order valence-electron chi connectivity index (χ4n) is 1.93. The Morgan fingerprint density at radius 2 is 2.21 bits per heavy atom. The summed E-state index contributed by atoms with van der Waals surface area (Å²) in [5, 5.41) is 0. The molecule has 1 atom stereocenters. The molecule has 1 heterocycles. The highest BCUT2D eigenvalue weighted by Gasteiger charge is 2.17. The zero-order valence-corrected chi connectivity index (χ0v) is 9.50. The summed E-state index contributed by atoms with van der Waals surface area (Å²) in [7, 11) is 0. The van der Waals surface area contributed by atoms with Crippen LogP contribution in [0.1, 0.15) is 46.0 Å². The molecule has 1 unspecified atom stereocenters. The van der Waals surface area contributed by atoms with Gasteiger partial charge in [-0.3, -0.25) is 4.99 Å². The molecule has 1 saturated heterocycles. The molecule has 0 aliphatic carbocycles. The molecule has 2 N–H and O–H groups in total. The Kier molecular flexibility index (Phi) is 4.77. The number of rotatable bonds is 2. The van der Waals surface area contributed by atoms with Crippen molar-refractivity contribution in [2.24, 2.45) is 10.7 Å². The van der Waals surface area contributed by atoms with Crippen molar-refractivity contribution in [3.05, 3.63) is 0 Å². The van der Waals surface area contributed by atoms with Gasteiger partial charge in [-0.15, -0.1) is 0 Å². The van der Waals surface area contributed by atoms with E-state index in [0.29, 0.717) is 6.04 Å². The topological polar surface area (TPSA) is 41.6 Å². The van der Waals surface area contributed by atoms with Gasteiger partial charge in [-0.1, -0.05) is 19.8 Å². The fourth-order valence-corrected chi connectivity index (χ4v) is 1.93. The molecule has 0 amide bonds. The van der Waals surface area contributed by atoms with E-state index in [1.54, 1.807) is 0 Å². The highest BCUT2D eigenvalue weighted by molar-refractivity contribution is 5.78. The molecule has 0 bridgehead atoms. The van der Waals surface area contributed by atoms with Gasteiger partial charge in [0.05, 0.1) is 0 Å². The van der Waals surface area contributed by atoms with Gasteiger partial charge in [-0.25, -0.2) is 0 Å². The molecule has 0 aromatic carbocycles. The lowest BCUT2D eigenvalue weighted by Crippen LogP contribution is -2.43. The molecule has 1 rings (SSSR count). The SMILES string of the molecule is CCCN=C(N)N1CCCCCC1C. The minimum Gasteiger partial charge on any atom is -0.370 e. The first kappa shape index (κ1) is 11.3. The molecule has 1 fully saturated rings. The Balaban J connectivity index is 2.53. The van der Waals surface area contributed by atoms with Crippen LogP contribution in [0.15, 0.2) is 4.99 Å². The van der Waals surface area contributed by atoms with Crippen LogP contribution in [0.3, 0.4) is 0 Å². The minimum atomic E-state index is 0.568. The molecular formula is C11H23N3. The third-order valence-corrected chi connectivity index (χ3v) is 2.84. The molecule has 82 valence electrons. The lowest BCUT2D eigenvalue weighted by atomic mass is 10.1. The van der Waals surface area contributed by atoms with Crippen molar-refractivity contribution in [3.63, 3.8) is 0 Å². The van der Waals surface area contributed by atoms with E-state index in [-0.39, 0.29) is 0 Å². The van der Waals surface area contributed by atoms with Crippen LogP contribution in [-0.4, -0.2) is 30.0 Å². The van der Waals surface area contributed by atoms with Gasteiger partial charge in [-0.05, 0) is 26.2 Å². The van der Waals surface area contributed by atoms with Gasteiger partial charge >= 0.3 is 0 Å². The van der Waals surface area contributed by atoms with E-state index in [1.165, 1.54) is 25.7 Å². The molecule has 1 aliphatic heterocycles. The highest BCUT2D eigenvalue weighted by Crippen LogP contribution is 2.15. The standard InChI is InChI=1S/C11H23N3/c1-3-8-13-11(12)14-9-6-4-5-7-10(14)2/h10H,3-9H2,1-2H3,(H2,12,13). The molecule has 0 aromatic heterocycles. The first-order valence-corrected chi connectivity index (χ1v) is 5.82. The van der Waals surface area contributed by atoms with Crippen LogP contribution in [0.25, 0.3) is 0 Å². The maximum atomic E-state index is 5.97. The Hall–Kier alpha value is -0.730. The first-order chi connectivity index (χ1) is 6.75. The van der Waals surface area contributed by atoms with Crippen molar-refractivity contribution in [1.82, 2.24) is 4.90 Å². The summed E-state index contributed by atoms with van der Waals surface area (Å²) >= 11 is 0. The number of hydrogen-bond donors (Lipinski definition) is 1. The third kappa shape index (κ3) is 3.20. The average molecular weight is 197 g/mol. The van der Waals surface area contributed by atoms with E-state index in [2.05, 4.69) is 23.7 Å². The molecule has 3 heteroatoms. The second kappa shape index (κ2) is 5.89. The number of likely N-dealkylation sites (tertiary alicyclic amines) is 1. The minimum absolute atomic E-state index is 0.568. The Morgan fingerprint density at radius 3 is 2.93 bits per heavy atom. The van der Waals surface area contributed by atoms with Crippen molar-refractivity contribution in [3.8, 4) is 0 Å². The molecule has 0 spiro atoms. The molecule has 14 heavy (non-hydrogen) atoms.